The summed E-state index contributed by atoms with van der Waals surface area (Å²) < 4.78 is 40.0. The van der Waals surface area contributed by atoms with E-state index in [4.69, 9.17) is 5.26 Å². The van der Waals surface area contributed by atoms with Crippen molar-refractivity contribution in [2.45, 2.75) is 64.6 Å². The molecule has 27 heavy (non-hydrogen) atoms. The summed E-state index contributed by atoms with van der Waals surface area (Å²) >= 11 is 0. The van der Waals surface area contributed by atoms with Crippen LogP contribution in [0, 0.1) is 17.2 Å². The van der Waals surface area contributed by atoms with Gasteiger partial charge in [-0.25, -0.2) is 4.68 Å². The fourth-order valence-electron chi connectivity index (χ4n) is 3.37. The topological polar surface area (TPSA) is 81.9 Å². The van der Waals surface area contributed by atoms with E-state index in [1.165, 1.54) is 4.90 Å². The van der Waals surface area contributed by atoms with Crippen LogP contribution >= 0.6 is 0 Å². The van der Waals surface area contributed by atoms with E-state index in [0.29, 0.717) is 11.3 Å². The van der Waals surface area contributed by atoms with Crippen molar-refractivity contribution in [1.82, 2.24) is 14.7 Å². The van der Waals surface area contributed by atoms with Crippen molar-refractivity contribution in [1.29, 1.82) is 5.26 Å². The second-order valence-corrected chi connectivity index (χ2v) is 7.99. The number of amides is 1. The van der Waals surface area contributed by atoms with Crippen molar-refractivity contribution in [2.75, 3.05) is 13.1 Å². The fourth-order valence-corrected chi connectivity index (χ4v) is 3.37. The van der Waals surface area contributed by atoms with E-state index >= 15 is 0 Å². The SMILES string of the molecule is CC(C)(C)c1[nH]n(CC(=O)N2CCCC(C(F)(F)F)C2)c(=O)c1CCC#N. The number of hydrogen-bond acceptors (Lipinski definition) is 3. The quantitative estimate of drug-likeness (QED) is 0.864. The Balaban J connectivity index is 2.22. The Kier molecular flexibility index (Phi) is 6.07. The number of nitrogens with zero attached hydrogens (tertiary/aromatic N) is 3. The number of halogens is 3. The van der Waals surface area contributed by atoms with Gasteiger partial charge in [-0.2, -0.15) is 18.4 Å². The number of hydrogen-bond donors (Lipinski definition) is 1. The highest BCUT2D eigenvalue weighted by atomic mass is 19.4. The lowest BCUT2D eigenvalue weighted by Gasteiger charge is -2.33. The van der Waals surface area contributed by atoms with Gasteiger partial charge < -0.3 is 4.90 Å². The van der Waals surface area contributed by atoms with Crippen molar-refractivity contribution in [3.05, 3.63) is 21.6 Å². The molecule has 2 rings (SSSR count). The number of piperidine rings is 1. The summed E-state index contributed by atoms with van der Waals surface area (Å²) in [6.07, 6.45) is -3.59. The number of nitriles is 1. The predicted octanol–water partition coefficient (Wildman–Crippen LogP) is 2.73. The van der Waals surface area contributed by atoms with E-state index in [9.17, 15) is 22.8 Å². The van der Waals surface area contributed by atoms with Crippen LogP contribution in [0.15, 0.2) is 4.79 Å². The van der Waals surface area contributed by atoms with Gasteiger partial charge in [0.05, 0.1) is 12.0 Å². The van der Waals surface area contributed by atoms with Crippen LogP contribution in [0.5, 0.6) is 0 Å². The Morgan fingerprint density at radius 3 is 2.56 bits per heavy atom. The summed E-state index contributed by atoms with van der Waals surface area (Å²) in [6.45, 7) is 5.26. The first-order valence-electron chi connectivity index (χ1n) is 8.98. The standard InChI is InChI=1S/C18H25F3N4O2/c1-17(2,3)15-13(7-4-8-22)16(27)25(23-15)11-14(26)24-9-5-6-12(10-24)18(19,20)21/h12,23H,4-7,9-11H2,1-3H3. The third-order valence-electron chi connectivity index (χ3n) is 4.82. The first-order valence-corrected chi connectivity index (χ1v) is 8.98. The van der Waals surface area contributed by atoms with Crippen LogP contribution in [-0.2, 0) is 23.2 Å². The lowest BCUT2D eigenvalue weighted by atomic mass is 9.88. The van der Waals surface area contributed by atoms with E-state index < -0.39 is 29.0 Å². The van der Waals surface area contributed by atoms with Gasteiger partial charge in [0, 0.05) is 36.2 Å². The smallest absolute Gasteiger partial charge is 0.340 e. The van der Waals surface area contributed by atoms with Crippen molar-refractivity contribution in [3.63, 3.8) is 0 Å². The molecule has 1 aliphatic rings. The van der Waals surface area contributed by atoms with Crippen LogP contribution in [0.3, 0.4) is 0 Å². The van der Waals surface area contributed by atoms with Gasteiger partial charge in [-0.05, 0) is 19.3 Å². The molecule has 0 spiro atoms. The molecule has 0 saturated carbocycles. The molecule has 0 radical (unpaired) electrons. The van der Waals surface area contributed by atoms with E-state index in [2.05, 4.69) is 5.10 Å². The summed E-state index contributed by atoms with van der Waals surface area (Å²) in [5.74, 6) is -2.04. The Labute approximate surface area is 155 Å². The number of carbonyl (C=O) groups is 1. The Bertz CT molecular complexity index is 780. The number of aromatic nitrogens is 2. The number of H-pyrrole nitrogens is 1. The summed E-state index contributed by atoms with van der Waals surface area (Å²) in [5, 5.41) is 11.7. The molecule has 1 aromatic rings. The second-order valence-electron chi connectivity index (χ2n) is 7.99. The highest BCUT2D eigenvalue weighted by Gasteiger charge is 2.42. The number of aromatic amines is 1. The largest absolute Gasteiger partial charge is 0.393 e. The molecular weight excluding hydrogens is 361 g/mol. The van der Waals surface area contributed by atoms with E-state index in [0.717, 1.165) is 4.68 Å². The number of likely N-dealkylation sites (tertiary alicyclic amines) is 1. The Morgan fingerprint density at radius 2 is 2.00 bits per heavy atom. The molecule has 1 aliphatic heterocycles. The molecular formula is C18H25F3N4O2. The molecule has 1 atom stereocenters. The van der Waals surface area contributed by atoms with Crippen LogP contribution in [0.1, 0.15) is 51.3 Å². The van der Waals surface area contributed by atoms with Gasteiger partial charge in [0.25, 0.3) is 5.56 Å². The summed E-state index contributed by atoms with van der Waals surface area (Å²) in [5.41, 5.74) is 0.295. The summed E-state index contributed by atoms with van der Waals surface area (Å²) in [6, 6.07) is 2.00. The molecule has 1 saturated heterocycles. The van der Waals surface area contributed by atoms with Gasteiger partial charge in [-0.15, -0.1) is 0 Å². The molecule has 0 bridgehead atoms. The highest BCUT2D eigenvalue weighted by molar-refractivity contribution is 5.76. The number of nitrogens with one attached hydrogen (secondary N) is 1. The first-order chi connectivity index (χ1) is 12.4. The van der Waals surface area contributed by atoms with Gasteiger partial charge in [0.15, 0.2) is 0 Å². The van der Waals surface area contributed by atoms with Gasteiger partial charge in [0.1, 0.15) is 6.54 Å². The van der Waals surface area contributed by atoms with Crippen molar-refractivity contribution in [2.24, 2.45) is 5.92 Å². The van der Waals surface area contributed by atoms with Gasteiger partial charge in [-0.3, -0.25) is 14.7 Å². The molecule has 0 aromatic carbocycles. The molecule has 1 unspecified atom stereocenters. The van der Waals surface area contributed by atoms with E-state index in [1.54, 1.807) is 0 Å². The zero-order chi connectivity index (χ0) is 20.4. The van der Waals surface area contributed by atoms with E-state index in [-0.39, 0.29) is 45.3 Å². The van der Waals surface area contributed by atoms with Crippen LogP contribution in [0.2, 0.25) is 0 Å². The van der Waals surface area contributed by atoms with Crippen LogP contribution < -0.4 is 5.56 Å². The van der Waals surface area contributed by atoms with Gasteiger partial charge in [0.2, 0.25) is 5.91 Å². The normalized spacial score (nSPS) is 18.4. The zero-order valence-corrected chi connectivity index (χ0v) is 15.8. The van der Waals surface area contributed by atoms with Crippen molar-refractivity contribution < 1.29 is 18.0 Å². The molecule has 6 nitrogen and oxygen atoms in total. The maximum Gasteiger partial charge on any atom is 0.393 e. The second kappa shape index (κ2) is 7.79. The number of rotatable bonds is 4. The lowest BCUT2D eigenvalue weighted by Crippen LogP contribution is -2.46. The molecule has 1 aromatic heterocycles. The number of alkyl halides is 3. The molecule has 1 fully saturated rings. The molecule has 9 heteroatoms. The lowest BCUT2D eigenvalue weighted by molar-refractivity contribution is -0.188. The van der Waals surface area contributed by atoms with Gasteiger partial charge in [-0.1, -0.05) is 20.8 Å². The van der Waals surface area contributed by atoms with Crippen LogP contribution in [-0.4, -0.2) is 39.9 Å². The summed E-state index contributed by atoms with van der Waals surface area (Å²) in [4.78, 5) is 26.3. The van der Waals surface area contributed by atoms with Crippen LogP contribution in [0.25, 0.3) is 0 Å². The molecule has 1 N–H and O–H groups in total. The minimum absolute atomic E-state index is 0.0161. The van der Waals surface area contributed by atoms with Crippen LogP contribution in [0.4, 0.5) is 13.2 Å². The Morgan fingerprint density at radius 1 is 1.33 bits per heavy atom. The average Bonchev–Trinajstić information content (AvgIpc) is 2.88. The first kappa shape index (κ1) is 21.1. The molecule has 2 heterocycles. The van der Waals surface area contributed by atoms with E-state index in [1.807, 2.05) is 26.8 Å². The zero-order valence-electron chi connectivity index (χ0n) is 15.8. The average molecular weight is 386 g/mol. The maximum atomic E-state index is 12.9. The molecule has 1 amide bonds. The number of carbonyl (C=O) groups excluding carboxylic acids is 1. The predicted molar refractivity (Wildman–Crippen MR) is 93.0 cm³/mol. The molecule has 0 aliphatic carbocycles. The van der Waals surface area contributed by atoms with Crippen molar-refractivity contribution in [3.8, 4) is 6.07 Å². The highest BCUT2D eigenvalue weighted by Crippen LogP contribution is 2.33. The Hall–Kier alpha value is -2.24. The monoisotopic (exact) mass is 386 g/mol. The minimum Gasteiger partial charge on any atom is -0.340 e. The maximum absolute atomic E-state index is 12.9. The van der Waals surface area contributed by atoms with Gasteiger partial charge >= 0.3 is 6.18 Å². The minimum atomic E-state index is -4.33. The third-order valence-corrected chi connectivity index (χ3v) is 4.82. The fraction of sp³-hybridized carbons (Fsp3) is 0.722. The summed E-state index contributed by atoms with van der Waals surface area (Å²) in [7, 11) is 0. The molecule has 150 valence electrons. The third kappa shape index (κ3) is 4.93. The van der Waals surface area contributed by atoms with Crippen molar-refractivity contribution >= 4 is 5.91 Å².